The van der Waals surface area contributed by atoms with Crippen molar-refractivity contribution in [2.24, 2.45) is 11.8 Å². The quantitative estimate of drug-likeness (QED) is 0.589. The molecule has 0 aliphatic heterocycles. The van der Waals surface area contributed by atoms with Gasteiger partial charge in [0.15, 0.2) is 5.76 Å². The predicted octanol–water partition coefficient (Wildman–Crippen LogP) is 3.40. The number of carbonyl (C=O) groups excluding carboxylic acids is 3. The van der Waals surface area contributed by atoms with Crippen molar-refractivity contribution in [3.63, 3.8) is 0 Å². The van der Waals surface area contributed by atoms with Crippen LogP contribution in [-0.2, 0) is 16.1 Å². The fourth-order valence-corrected chi connectivity index (χ4v) is 4.36. The van der Waals surface area contributed by atoms with Crippen LogP contribution in [0.3, 0.4) is 0 Å². The molecule has 1 heterocycles. The van der Waals surface area contributed by atoms with Gasteiger partial charge in [-0.25, -0.2) is 0 Å². The Labute approximate surface area is 188 Å². The maximum atomic E-state index is 12.8. The summed E-state index contributed by atoms with van der Waals surface area (Å²) >= 11 is 0. The average molecular weight is 438 g/mol. The summed E-state index contributed by atoms with van der Waals surface area (Å²) in [6.45, 7) is 0.465. The van der Waals surface area contributed by atoms with Gasteiger partial charge in [-0.2, -0.15) is 0 Å². The summed E-state index contributed by atoms with van der Waals surface area (Å²) in [5.41, 5.74) is 1.80. The Morgan fingerprint density at radius 1 is 1.03 bits per heavy atom. The van der Waals surface area contributed by atoms with Gasteiger partial charge in [0, 0.05) is 25.1 Å². The fourth-order valence-electron chi connectivity index (χ4n) is 4.36. The van der Waals surface area contributed by atoms with Gasteiger partial charge in [-0.15, -0.1) is 0 Å². The van der Waals surface area contributed by atoms with E-state index in [-0.39, 0.29) is 35.3 Å². The smallest absolute Gasteiger partial charge is 0.287 e. The van der Waals surface area contributed by atoms with Crippen LogP contribution in [0.1, 0.15) is 61.1 Å². The zero-order chi connectivity index (χ0) is 22.5. The van der Waals surface area contributed by atoms with Gasteiger partial charge in [-0.3, -0.25) is 14.4 Å². The highest BCUT2D eigenvalue weighted by atomic mass is 16.4. The second-order valence-electron chi connectivity index (χ2n) is 8.82. The Morgan fingerprint density at radius 2 is 1.81 bits per heavy atom. The molecule has 1 aromatic carbocycles. The molecule has 7 nitrogen and oxygen atoms in total. The van der Waals surface area contributed by atoms with Crippen LogP contribution < -0.4 is 16.0 Å². The summed E-state index contributed by atoms with van der Waals surface area (Å²) in [4.78, 5) is 37.1. The maximum absolute atomic E-state index is 12.8. The SMILES string of the molecule is CNC(=O)C(NC(=O)c1ccc(-c2cccc(CNC(=O)C3CC3)c2)o1)C1CCCCC1. The van der Waals surface area contributed by atoms with Gasteiger partial charge >= 0.3 is 0 Å². The topological polar surface area (TPSA) is 100 Å². The lowest BCUT2D eigenvalue weighted by Crippen LogP contribution is -2.50. The van der Waals surface area contributed by atoms with E-state index in [1.807, 2.05) is 24.3 Å². The lowest BCUT2D eigenvalue weighted by molar-refractivity contribution is -0.124. The second kappa shape index (κ2) is 10.0. The Balaban J connectivity index is 1.42. The van der Waals surface area contributed by atoms with Gasteiger partial charge in [-0.05, 0) is 55.4 Å². The second-order valence-corrected chi connectivity index (χ2v) is 8.82. The van der Waals surface area contributed by atoms with Crippen LogP contribution in [0.5, 0.6) is 0 Å². The van der Waals surface area contributed by atoms with Gasteiger partial charge in [0.1, 0.15) is 11.8 Å². The minimum atomic E-state index is -0.556. The van der Waals surface area contributed by atoms with E-state index in [4.69, 9.17) is 4.42 Å². The highest BCUT2D eigenvalue weighted by Crippen LogP contribution is 2.29. The van der Waals surface area contributed by atoms with Crippen LogP contribution in [0.15, 0.2) is 40.8 Å². The average Bonchev–Trinajstić information content (AvgIpc) is 3.57. The van der Waals surface area contributed by atoms with Crippen molar-refractivity contribution in [1.82, 2.24) is 16.0 Å². The number of carbonyl (C=O) groups is 3. The van der Waals surface area contributed by atoms with Crippen LogP contribution in [0, 0.1) is 11.8 Å². The molecule has 0 radical (unpaired) electrons. The number of likely N-dealkylation sites (N-methyl/N-ethyl adjacent to an activating group) is 1. The summed E-state index contributed by atoms with van der Waals surface area (Å²) in [6, 6.07) is 10.5. The van der Waals surface area contributed by atoms with Crippen molar-refractivity contribution in [2.45, 2.75) is 57.5 Å². The van der Waals surface area contributed by atoms with Crippen LogP contribution >= 0.6 is 0 Å². The third kappa shape index (κ3) is 5.39. The molecule has 2 fully saturated rings. The van der Waals surface area contributed by atoms with Crippen molar-refractivity contribution >= 4 is 17.7 Å². The minimum Gasteiger partial charge on any atom is -0.451 e. The largest absolute Gasteiger partial charge is 0.451 e. The van der Waals surface area contributed by atoms with E-state index < -0.39 is 6.04 Å². The third-order valence-electron chi connectivity index (χ3n) is 6.39. The first-order valence-electron chi connectivity index (χ1n) is 11.5. The van der Waals surface area contributed by atoms with E-state index in [2.05, 4.69) is 16.0 Å². The first kappa shape index (κ1) is 22.1. The molecule has 0 saturated heterocycles. The molecule has 4 rings (SSSR count). The van der Waals surface area contributed by atoms with Crippen molar-refractivity contribution in [2.75, 3.05) is 7.05 Å². The number of rotatable bonds is 8. The van der Waals surface area contributed by atoms with Crippen molar-refractivity contribution in [1.29, 1.82) is 0 Å². The number of furan rings is 1. The molecule has 2 saturated carbocycles. The van der Waals surface area contributed by atoms with Gasteiger partial charge in [0.05, 0.1) is 0 Å². The van der Waals surface area contributed by atoms with Crippen molar-refractivity contribution in [3.05, 3.63) is 47.7 Å². The first-order valence-corrected chi connectivity index (χ1v) is 11.5. The molecule has 170 valence electrons. The Kier molecular flexibility index (Phi) is 6.93. The van der Waals surface area contributed by atoms with E-state index in [0.717, 1.165) is 49.7 Å². The Hall–Kier alpha value is -3.09. The molecule has 2 aliphatic carbocycles. The summed E-state index contributed by atoms with van der Waals surface area (Å²) in [6.07, 6.45) is 7.16. The van der Waals surface area contributed by atoms with Crippen LogP contribution in [0.4, 0.5) is 0 Å². The molecule has 2 aliphatic rings. The minimum absolute atomic E-state index is 0.107. The molecule has 3 N–H and O–H groups in total. The molecule has 3 amide bonds. The van der Waals surface area contributed by atoms with Gasteiger partial charge < -0.3 is 20.4 Å². The lowest BCUT2D eigenvalue weighted by Gasteiger charge is -2.29. The number of amides is 3. The van der Waals surface area contributed by atoms with Gasteiger partial charge in [-0.1, -0.05) is 37.5 Å². The molecule has 1 unspecified atom stereocenters. The number of nitrogens with one attached hydrogen (secondary N) is 3. The van der Waals surface area contributed by atoms with Gasteiger partial charge in [0.25, 0.3) is 5.91 Å². The highest BCUT2D eigenvalue weighted by molar-refractivity contribution is 5.96. The monoisotopic (exact) mass is 437 g/mol. The summed E-state index contributed by atoms with van der Waals surface area (Å²) in [5, 5.41) is 8.52. The molecule has 2 aromatic rings. The van der Waals surface area contributed by atoms with E-state index in [9.17, 15) is 14.4 Å². The standard InChI is InChI=1S/C25H31N3O4/c1-26-25(31)22(17-7-3-2-4-8-17)28-24(30)21-13-12-20(32-21)19-9-5-6-16(14-19)15-27-23(29)18-10-11-18/h5-6,9,12-14,17-18,22H,2-4,7-8,10-11,15H2,1H3,(H,26,31)(H,27,29)(H,28,30). The molecule has 32 heavy (non-hydrogen) atoms. The van der Waals surface area contributed by atoms with Crippen LogP contribution in [0.2, 0.25) is 0 Å². The number of benzene rings is 1. The van der Waals surface area contributed by atoms with Crippen molar-refractivity contribution < 1.29 is 18.8 Å². The van der Waals surface area contributed by atoms with E-state index >= 15 is 0 Å². The van der Waals surface area contributed by atoms with Gasteiger partial charge in [0.2, 0.25) is 11.8 Å². The fraction of sp³-hybridized carbons (Fsp3) is 0.480. The summed E-state index contributed by atoms with van der Waals surface area (Å²) < 4.78 is 5.83. The predicted molar refractivity (Wildman–Crippen MR) is 121 cm³/mol. The Bertz CT molecular complexity index is 973. The third-order valence-corrected chi connectivity index (χ3v) is 6.39. The molecular formula is C25H31N3O4. The zero-order valence-corrected chi connectivity index (χ0v) is 18.5. The summed E-state index contributed by atoms with van der Waals surface area (Å²) in [7, 11) is 1.59. The number of hydrogen-bond acceptors (Lipinski definition) is 4. The molecular weight excluding hydrogens is 406 g/mol. The molecule has 7 heteroatoms. The summed E-state index contributed by atoms with van der Waals surface area (Å²) in [5.74, 6) is 0.621. The van der Waals surface area contributed by atoms with E-state index in [1.54, 1.807) is 19.2 Å². The Morgan fingerprint density at radius 3 is 2.53 bits per heavy atom. The molecule has 1 atom stereocenters. The zero-order valence-electron chi connectivity index (χ0n) is 18.5. The van der Waals surface area contributed by atoms with Crippen LogP contribution in [-0.4, -0.2) is 30.8 Å². The lowest BCUT2D eigenvalue weighted by atomic mass is 9.83. The van der Waals surface area contributed by atoms with E-state index in [1.165, 1.54) is 6.42 Å². The van der Waals surface area contributed by atoms with Crippen LogP contribution in [0.25, 0.3) is 11.3 Å². The molecule has 0 bridgehead atoms. The number of hydrogen-bond donors (Lipinski definition) is 3. The normalized spacial score (nSPS) is 17.4. The first-order chi connectivity index (χ1) is 15.5. The van der Waals surface area contributed by atoms with E-state index in [0.29, 0.717) is 12.3 Å². The molecule has 0 spiro atoms. The highest BCUT2D eigenvalue weighted by Gasteiger charge is 2.31. The maximum Gasteiger partial charge on any atom is 0.287 e. The van der Waals surface area contributed by atoms with Crippen molar-refractivity contribution in [3.8, 4) is 11.3 Å². The molecule has 1 aromatic heterocycles.